The van der Waals surface area contributed by atoms with Crippen molar-refractivity contribution < 1.29 is 28.6 Å². The van der Waals surface area contributed by atoms with Crippen molar-refractivity contribution in [3.63, 3.8) is 0 Å². The SMILES string of the molecule is CC(=O)C[C@H]1C[C@]2([C@@H](C)Cc3cc(O)c(C)cc3F)OCOC2=CC1=O. The molecule has 1 fully saturated rings. The van der Waals surface area contributed by atoms with E-state index in [1.165, 1.54) is 25.1 Å². The molecule has 1 N–H and O–H groups in total. The fourth-order valence-electron chi connectivity index (χ4n) is 3.89. The van der Waals surface area contributed by atoms with Crippen molar-refractivity contribution in [3.05, 3.63) is 40.9 Å². The molecule has 1 aromatic rings. The van der Waals surface area contributed by atoms with Crippen LogP contribution in [0.15, 0.2) is 24.0 Å². The Morgan fingerprint density at radius 1 is 1.46 bits per heavy atom. The fraction of sp³-hybridized carbons (Fsp3) is 0.500. The third-order valence-corrected chi connectivity index (χ3v) is 5.39. The van der Waals surface area contributed by atoms with Gasteiger partial charge in [0, 0.05) is 18.4 Å². The number of hydrogen-bond acceptors (Lipinski definition) is 5. The molecule has 3 rings (SSSR count). The molecule has 1 saturated heterocycles. The fourth-order valence-corrected chi connectivity index (χ4v) is 3.89. The van der Waals surface area contributed by atoms with E-state index in [0.29, 0.717) is 29.7 Å². The van der Waals surface area contributed by atoms with Gasteiger partial charge in [-0.2, -0.15) is 0 Å². The topological polar surface area (TPSA) is 72.8 Å². The number of aryl methyl sites for hydroxylation is 1. The largest absolute Gasteiger partial charge is 0.508 e. The maximum atomic E-state index is 14.3. The molecule has 0 spiro atoms. The summed E-state index contributed by atoms with van der Waals surface area (Å²) in [4.78, 5) is 23.8. The zero-order valence-corrected chi connectivity index (χ0v) is 15.2. The molecule has 140 valence electrons. The first-order chi connectivity index (χ1) is 12.2. The number of carbonyl (C=O) groups excluding carboxylic acids is 2. The maximum Gasteiger partial charge on any atom is 0.189 e. The number of halogens is 1. The zero-order chi connectivity index (χ0) is 19.1. The molecular formula is C20H23FO5. The van der Waals surface area contributed by atoms with Gasteiger partial charge in [-0.3, -0.25) is 4.79 Å². The van der Waals surface area contributed by atoms with E-state index in [2.05, 4.69) is 0 Å². The predicted octanol–water partition coefficient (Wildman–Crippen LogP) is 3.21. The Morgan fingerprint density at radius 3 is 2.88 bits per heavy atom. The smallest absolute Gasteiger partial charge is 0.189 e. The molecular weight excluding hydrogens is 339 g/mol. The van der Waals surface area contributed by atoms with E-state index in [-0.39, 0.29) is 42.3 Å². The van der Waals surface area contributed by atoms with E-state index >= 15 is 0 Å². The van der Waals surface area contributed by atoms with Gasteiger partial charge in [-0.25, -0.2) is 4.39 Å². The van der Waals surface area contributed by atoms with Gasteiger partial charge in [0.25, 0.3) is 0 Å². The summed E-state index contributed by atoms with van der Waals surface area (Å²) in [5.41, 5.74) is -0.00577. The molecule has 0 radical (unpaired) electrons. The molecule has 1 aliphatic carbocycles. The molecule has 0 amide bonds. The number of fused-ring (bicyclic) bond motifs is 1. The summed E-state index contributed by atoms with van der Waals surface area (Å²) in [6.45, 7) is 5.02. The first-order valence-electron chi connectivity index (χ1n) is 8.73. The summed E-state index contributed by atoms with van der Waals surface area (Å²) in [5.74, 6) is -0.767. The van der Waals surface area contributed by atoms with Gasteiger partial charge in [0.1, 0.15) is 28.7 Å². The van der Waals surface area contributed by atoms with Crippen LogP contribution in [0.5, 0.6) is 5.75 Å². The molecule has 1 aliphatic heterocycles. The van der Waals surface area contributed by atoms with Crippen LogP contribution in [0.25, 0.3) is 0 Å². The van der Waals surface area contributed by atoms with Gasteiger partial charge in [0.05, 0.1) is 0 Å². The minimum absolute atomic E-state index is 0.0257. The Labute approximate surface area is 151 Å². The van der Waals surface area contributed by atoms with Crippen molar-refractivity contribution in [1.82, 2.24) is 0 Å². The number of carbonyl (C=O) groups is 2. The number of ether oxygens (including phenoxy) is 2. The number of rotatable bonds is 5. The predicted molar refractivity (Wildman–Crippen MR) is 91.9 cm³/mol. The van der Waals surface area contributed by atoms with Crippen LogP contribution in [0, 0.1) is 24.6 Å². The first kappa shape index (κ1) is 18.6. The van der Waals surface area contributed by atoms with E-state index in [9.17, 15) is 19.1 Å². The number of benzene rings is 1. The van der Waals surface area contributed by atoms with E-state index in [0.717, 1.165) is 0 Å². The highest BCUT2D eigenvalue weighted by Gasteiger charge is 2.52. The van der Waals surface area contributed by atoms with E-state index in [1.54, 1.807) is 6.92 Å². The lowest BCUT2D eigenvalue weighted by Gasteiger charge is -2.38. The minimum Gasteiger partial charge on any atom is -0.508 e. The average molecular weight is 362 g/mol. The molecule has 1 aromatic carbocycles. The van der Waals surface area contributed by atoms with Crippen molar-refractivity contribution in [2.45, 2.75) is 45.6 Å². The van der Waals surface area contributed by atoms with Gasteiger partial charge in [0.15, 0.2) is 12.6 Å². The second kappa shape index (κ2) is 6.83. The number of hydrogen-bond donors (Lipinski definition) is 1. The van der Waals surface area contributed by atoms with E-state index in [1.807, 2.05) is 6.92 Å². The van der Waals surface area contributed by atoms with Crippen LogP contribution in [0.2, 0.25) is 0 Å². The van der Waals surface area contributed by atoms with Crippen molar-refractivity contribution in [1.29, 1.82) is 0 Å². The van der Waals surface area contributed by atoms with Gasteiger partial charge in [-0.1, -0.05) is 6.92 Å². The second-order valence-electron chi connectivity index (χ2n) is 7.35. The summed E-state index contributed by atoms with van der Waals surface area (Å²) < 4.78 is 25.7. The van der Waals surface area contributed by atoms with E-state index in [4.69, 9.17) is 9.47 Å². The summed E-state index contributed by atoms with van der Waals surface area (Å²) in [5, 5.41) is 9.89. The Bertz CT molecular complexity index is 785. The molecule has 0 unspecified atom stereocenters. The number of aromatic hydroxyl groups is 1. The average Bonchev–Trinajstić information content (AvgIpc) is 2.96. The molecule has 3 atom stereocenters. The standard InChI is InChI=1S/C20H23FO5/c1-11-4-16(21)14(7-17(11)23)5-12(2)20-9-15(6-13(3)22)18(24)8-19(20)25-10-26-20/h4,7-8,12,15,23H,5-6,9-10H2,1-3H3/t12-,15-,20+/m0/s1. The summed E-state index contributed by atoms with van der Waals surface area (Å²) in [7, 11) is 0. The third kappa shape index (κ3) is 3.26. The van der Waals surface area contributed by atoms with Crippen LogP contribution in [-0.4, -0.2) is 29.1 Å². The molecule has 0 saturated carbocycles. The molecule has 6 heteroatoms. The lowest BCUT2D eigenvalue weighted by atomic mass is 9.71. The van der Waals surface area contributed by atoms with Gasteiger partial charge in [-0.05, 0) is 55.9 Å². The van der Waals surface area contributed by atoms with Crippen LogP contribution in [0.1, 0.15) is 37.8 Å². The Hall–Kier alpha value is -2.21. The Balaban J connectivity index is 1.90. The van der Waals surface area contributed by atoms with Crippen molar-refractivity contribution in [2.75, 3.05) is 6.79 Å². The van der Waals surface area contributed by atoms with Gasteiger partial charge in [0.2, 0.25) is 0 Å². The number of allylic oxidation sites excluding steroid dienone is 1. The highest BCUT2D eigenvalue weighted by atomic mass is 19.1. The van der Waals surface area contributed by atoms with Crippen LogP contribution in [0.4, 0.5) is 4.39 Å². The molecule has 5 nitrogen and oxygen atoms in total. The molecule has 1 heterocycles. The highest BCUT2D eigenvalue weighted by molar-refractivity contribution is 5.96. The lowest BCUT2D eigenvalue weighted by molar-refractivity contribution is -0.128. The Morgan fingerprint density at radius 2 is 2.19 bits per heavy atom. The van der Waals surface area contributed by atoms with Crippen LogP contribution in [-0.2, 0) is 25.5 Å². The van der Waals surface area contributed by atoms with Crippen molar-refractivity contribution in [3.8, 4) is 5.75 Å². The van der Waals surface area contributed by atoms with Gasteiger partial charge < -0.3 is 19.4 Å². The number of phenols is 1. The number of Topliss-reactive ketones (excluding diaryl/α,β-unsaturated/α-hetero) is 1. The quantitative estimate of drug-likeness (QED) is 0.871. The second-order valence-corrected chi connectivity index (χ2v) is 7.35. The number of phenolic OH excluding ortho intramolecular Hbond substituents is 1. The maximum absolute atomic E-state index is 14.3. The van der Waals surface area contributed by atoms with Crippen molar-refractivity contribution in [2.24, 2.45) is 11.8 Å². The highest BCUT2D eigenvalue weighted by Crippen LogP contribution is 2.46. The summed E-state index contributed by atoms with van der Waals surface area (Å²) in [6.07, 6.45) is 2.21. The number of ketones is 2. The normalized spacial score (nSPS) is 26.1. The van der Waals surface area contributed by atoms with E-state index < -0.39 is 11.5 Å². The minimum atomic E-state index is -0.860. The first-order valence-corrected chi connectivity index (χ1v) is 8.73. The Kier molecular flexibility index (Phi) is 4.88. The molecule has 26 heavy (non-hydrogen) atoms. The van der Waals surface area contributed by atoms with Crippen molar-refractivity contribution >= 4 is 11.6 Å². The van der Waals surface area contributed by atoms with Gasteiger partial charge >= 0.3 is 0 Å². The molecule has 2 aliphatic rings. The monoisotopic (exact) mass is 362 g/mol. The summed E-state index contributed by atoms with van der Waals surface area (Å²) >= 11 is 0. The third-order valence-electron chi connectivity index (χ3n) is 5.39. The zero-order valence-electron chi connectivity index (χ0n) is 15.2. The van der Waals surface area contributed by atoms with Crippen LogP contribution in [0.3, 0.4) is 0 Å². The van der Waals surface area contributed by atoms with Crippen LogP contribution >= 0.6 is 0 Å². The molecule has 0 bridgehead atoms. The lowest BCUT2D eigenvalue weighted by Crippen LogP contribution is -2.45. The molecule has 0 aromatic heterocycles. The summed E-state index contributed by atoms with van der Waals surface area (Å²) in [6, 6.07) is 2.73. The van der Waals surface area contributed by atoms with Gasteiger partial charge in [-0.15, -0.1) is 0 Å². The van der Waals surface area contributed by atoms with Crippen LogP contribution < -0.4 is 0 Å².